The molecule has 1 fully saturated rings. The van der Waals surface area contributed by atoms with Gasteiger partial charge in [-0.2, -0.15) is 5.10 Å². The molecule has 0 aliphatic carbocycles. The number of rotatable bonds is 5. The number of ether oxygens (including phenoxy) is 1. The van der Waals surface area contributed by atoms with Crippen molar-refractivity contribution in [2.24, 2.45) is 0 Å². The van der Waals surface area contributed by atoms with Crippen molar-refractivity contribution >= 4 is 17.7 Å². The Bertz CT molecular complexity index is 452. The maximum atomic E-state index is 11.8. The third-order valence-electron chi connectivity index (χ3n) is 2.89. The summed E-state index contributed by atoms with van der Waals surface area (Å²) in [6.45, 7) is 0.493. The van der Waals surface area contributed by atoms with E-state index in [1.807, 2.05) is 0 Å². The molecule has 19 heavy (non-hydrogen) atoms. The number of carbonyl (C=O) groups excluding carboxylic acids is 1. The Morgan fingerprint density at radius 2 is 2.37 bits per heavy atom. The molecule has 2 N–H and O–H groups in total. The van der Waals surface area contributed by atoms with Crippen molar-refractivity contribution < 1.29 is 19.4 Å². The summed E-state index contributed by atoms with van der Waals surface area (Å²) in [5, 5.41) is 15.2. The second-order valence-electron chi connectivity index (χ2n) is 4.53. The fourth-order valence-corrected chi connectivity index (χ4v) is 2.02. The molecule has 1 aliphatic heterocycles. The number of nitrogens with zero attached hydrogens (tertiary/aromatic N) is 2. The first-order valence-corrected chi connectivity index (χ1v) is 6.30. The van der Waals surface area contributed by atoms with Crippen LogP contribution >= 0.6 is 0 Å². The van der Waals surface area contributed by atoms with Crippen LogP contribution in [0.2, 0.25) is 0 Å². The monoisotopic (exact) mass is 267 g/mol. The predicted octanol–water partition coefficient (Wildman–Crippen LogP) is 0.865. The van der Waals surface area contributed by atoms with Crippen molar-refractivity contribution in [1.29, 1.82) is 0 Å². The standard InChI is InChI=1S/C12H17N3O4/c16-11(7-9-3-1-2-6-19-9)13-10-4-5-15(14-10)8-12(17)18/h4-5,9H,1-3,6-8H2,(H,17,18)(H,13,14,16). The lowest BCUT2D eigenvalue weighted by Gasteiger charge is -2.21. The van der Waals surface area contributed by atoms with Gasteiger partial charge in [0.25, 0.3) is 0 Å². The molecule has 0 radical (unpaired) electrons. The zero-order chi connectivity index (χ0) is 13.7. The van der Waals surface area contributed by atoms with Crippen LogP contribution in [-0.4, -0.2) is 39.5 Å². The highest BCUT2D eigenvalue weighted by Crippen LogP contribution is 2.16. The van der Waals surface area contributed by atoms with Crippen LogP contribution in [0.3, 0.4) is 0 Å². The molecule has 2 heterocycles. The van der Waals surface area contributed by atoms with Crippen molar-refractivity contribution in [2.45, 2.75) is 38.3 Å². The average molecular weight is 267 g/mol. The molecule has 0 spiro atoms. The summed E-state index contributed by atoms with van der Waals surface area (Å²) in [5.74, 6) is -0.772. The van der Waals surface area contributed by atoms with Gasteiger partial charge in [0.15, 0.2) is 5.82 Å². The highest BCUT2D eigenvalue weighted by molar-refractivity contribution is 5.90. The maximum absolute atomic E-state index is 11.8. The van der Waals surface area contributed by atoms with Gasteiger partial charge in [-0.25, -0.2) is 0 Å². The number of carboxylic acid groups (broad SMARTS) is 1. The highest BCUT2D eigenvalue weighted by Gasteiger charge is 2.18. The molecule has 7 nitrogen and oxygen atoms in total. The largest absolute Gasteiger partial charge is 0.480 e. The Hall–Kier alpha value is -1.89. The molecular formula is C12H17N3O4. The lowest BCUT2D eigenvalue weighted by atomic mass is 10.1. The van der Waals surface area contributed by atoms with Gasteiger partial charge in [-0.15, -0.1) is 0 Å². The van der Waals surface area contributed by atoms with Crippen LogP contribution in [0.4, 0.5) is 5.82 Å². The molecule has 1 amide bonds. The number of carboxylic acids is 1. The Morgan fingerprint density at radius 3 is 3.05 bits per heavy atom. The van der Waals surface area contributed by atoms with Gasteiger partial charge in [0, 0.05) is 18.9 Å². The molecule has 0 aromatic carbocycles. The molecule has 7 heteroatoms. The van der Waals surface area contributed by atoms with E-state index in [-0.39, 0.29) is 18.6 Å². The summed E-state index contributed by atoms with van der Waals surface area (Å²) in [4.78, 5) is 22.3. The van der Waals surface area contributed by atoms with Gasteiger partial charge in [0.1, 0.15) is 6.54 Å². The summed E-state index contributed by atoms with van der Waals surface area (Å²) in [6.07, 6.45) is 4.85. The molecule has 1 aliphatic rings. The van der Waals surface area contributed by atoms with Crippen LogP contribution in [0.1, 0.15) is 25.7 Å². The second kappa shape index (κ2) is 6.33. The number of hydrogen-bond donors (Lipinski definition) is 2. The van der Waals surface area contributed by atoms with Crippen molar-refractivity contribution in [3.63, 3.8) is 0 Å². The molecule has 1 aromatic rings. The number of anilines is 1. The van der Waals surface area contributed by atoms with Crippen LogP contribution in [0.25, 0.3) is 0 Å². The molecule has 0 saturated carbocycles. The van der Waals surface area contributed by atoms with Crippen LogP contribution in [-0.2, 0) is 20.9 Å². The normalized spacial score (nSPS) is 19.1. The van der Waals surface area contributed by atoms with Gasteiger partial charge in [0.05, 0.1) is 12.5 Å². The number of hydrogen-bond acceptors (Lipinski definition) is 4. The molecular weight excluding hydrogens is 250 g/mol. The fourth-order valence-electron chi connectivity index (χ4n) is 2.02. The van der Waals surface area contributed by atoms with E-state index in [4.69, 9.17) is 9.84 Å². The first-order valence-electron chi connectivity index (χ1n) is 6.30. The van der Waals surface area contributed by atoms with Crippen LogP contribution in [0.5, 0.6) is 0 Å². The van der Waals surface area contributed by atoms with E-state index >= 15 is 0 Å². The first-order chi connectivity index (χ1) is 9.13. The smallest absolute Gasteiger partial charge is 0.325 e. The van der Waals surface area contributed by atoms with E-state index in [9.17, 15) is 9.59 Å². The van der Waals surface area contributed by atoms with Crippen molar-refractivity contribution in [3.8, 4) is 0 Å². The lowest BCUT2D eigenvalue weighted by Crippen LogP contribution is -2.25. The van der Waals surface area contributed by atoms with Gasteiger partial charge < -0.3 is 15.2 Å². The van der Waals surface area contributed by atoms with Crippen molar-refractivity contribution in [3.05, 3.63) is 12.3 Å². The molecule has 1 saturated heterocycles. The predicted molar refractivity (Wildman–Crippen MR) is 66.7 cm³/mol. The molecule has 0 bridgehead atoms. The summed E-state index contributed by atoms with van der Waals surface area (Å²) in [7, 11) is 0. The molecule has 2 rings (SSSR count). The van der Waals surface area contributed by atoms with Gasteiger partial charge >= 0.3 is 5.97 Å². The number of aliphatic carboxylic acids is 1. The molecule has 1 aromatic heterocycles. The number of carbonyl (C=O) groups is 2. The van der Waals surface area contributed by atoms with Crippen molar-refractivity contribution in [1.82, 2.24) is 9.78 Å². The van der Waals surface area contributed by atoms with Gasteiger partial charge in [-0.3, -0.25) is 14.3 Å². The molecule has 1 unspecified atom stereocenters. The van der Waals surface area contributed by atoms with E-state index in [1.54, 1.807) is 6.07 Å². The number of amides is 1. The number of aromatic nitrogens is 2. The van der Waals surface area contributed by atoms with Crippen LogP contribution in [0.15, 0.2) is 12.3 Å². The van der Waals surface area contributed by atoms with Gasteiger partial charge in [-0.05, 0) is 19.3 Å². The zero-order valence-electron chi connectivity index (χ0n) is 10.5. The van der Waals surface area contributed by atoms with Gasteiger partial charge in [0.2, 0.25) is 5.91 Å². The minimum atomic E-state index is -0.975. The Balaban J connectivity index is 1.81. The Labute approximate surface area is 110 Å². The zero-order valence-corrected chi connectivity index (χ0v) is 10.5. The second-order valence-corrected chi connectivity index (χ2v) is 4.53. The SMILES string of the molecule is O=C(O)Cn1ccc(NC(=O)CC2CCCCO2)n1. The Morgan fingerprint density at radius 1 is 1.53 bits per heavy atom. The highest BCUT2D eigenvalue weighted by atomic mass is 16.5. The van der Waals surface area contributed by atoms with E-state index < -0.39 is 5.97 Å². The molecule has 104 valence electrons. The summed E-state index contributed by atoms with van der Waals surface area (Å²) in [6, 6.07) is 1.57. The van der Waals surface area contributed by atoms with Crippen LogP contribution < -0.4 is 5.32 Å². The summed E-state index contributed by atoms with van der Waals surface area (Å²) >= 11 is 0. The summed E-state index contributed by atoms with van der Waals surface area (Å²) in [5.41, 5.74) is 0. The van der Waals surface area contributed by atoms with E-state index in [0.29, 0.717) is 18.8 Å². The summed E-state index contributed by atoms with van der Waals surface area (Å²) < 4.78 is 6.74. The maximum Gasteiger partial charge on any atom is 0.325 e. The molecule has 1 atom stereocenters. The quantitative estimate of drug-likeness (QED) is 0.825. The van der Waals surface area contributed by atoms with Gasteiger partial charge in [-0.1, -0.05) is 0 Å². The minimum Gasteiger partial charge on any atom is -0.480 e. The fraction of sp³-hybridized carbons (Fsp3) is 0.583. The van der Waals surface area contributed by atoms with E-state index in [2.05, 4.69) is 10.4 Å². The van der Waals surface area contributed by atoms with E-state index in [1.165, 1.54) is 10.9 Å². The van der Waals surface area contributed by atoms with Crippen molar-refractivity contribution in [2.75, 3.05) is 11.9 Å². The topological polar surface area (TPSA) is 93.5 Å². The lowest BCUT2D eigenvalue weighted by molar-refractivity contribution is -0.137. The Kier molecular flexibility index (Phi) is 4.51. The van der Waals surface area contributed by atoms with Crippen LogP contribution in [0, 0.1) is 0 Å². The third kappa shape index (κ3) is 4.36. The first kappa shape index (κ1) is 13.5. The average Bonchev–Trinajstić information content (AvgIpc) is 2.76. The minimum absolute atomic E-state index is 0.0187. The third-order valence-corrected chi connectivity index (χ3v) is 2.89. The van der Waals surface area contributed by atoms with E-state index in [0.717, 1.165) is 19.3 Å². The number of nitrogens with one attached hydrogen (secondary N) is 1.